The highest BCUT2D eigenvalue weighted by Crippen LogP contribution is 2.19. The van der Waals surface area contributed by atoms with Crippen LogP contribution in [0.5, 0.6) is 5.75 Å². The molecule has 2 rings (SSSR count). The molecule has 24 heavy (non-hydrogen) atoms. The number of aliphatic hydroxyl groups is 1. The lowest BCUT2D eigenvalue weighted by Gasteiger charge is -2.14. The largest absolute Gasteiger partial charge is 0.489 e. The number of benzene rings is 2. The third-order valence-electron chi connectivity index (χ3n) is 3.39. The third kappa shape index (κ3) is 5.85. The highest BCUT2D eigenvalue weighted by atomic mass is 35.5. The Kier molecular flexibility index (Phi) is 7.06. The fourth-order valence-electron chi connectivity index (χ4n) is 2.00. The third-order valence-corrected chi connectivity index (χ3v) is 3.76. The van der Waals surface area contributed by atoms with Gasteiger partial charge in [0.15, 0.2) is 6.35 Å². The van der Waals surface area contributed by atoms with Crippen LogP contribution < -0.4 is 15.4 Å². The van der Waals surface area contributed by atoms with E-state index in [-0.39, 0.29) is 5.91 Å². The second-order valence-corrected chi connectivity index (χ2v) is 5.64. The number of carbonyl (C=O) groups is 1. The lowest BCUT2D eigenvalue weighted by atomic mass is 10.2. The van der Waals surface area contributed by atoms with Crippen molar-refractivity contribution in [3.63, 3.8) is 0 Å². The van der Waals surface area contributed by atoms with E-state index in [2.05, 4.69) is 10.6 Å². The number of ether oxygens (including phenoxy) is 1. The zero-order chi connectivity index (χ0) is 17.4. The molecule has 0 aliphatic heterocycles. The normalized spacial score (nSPS) is 11.8. The SMILES string of the molecule is CCC(=O)N[C@@H](O)NCc1ccc(OCc2ccccc2Cl)cc1. The van der Waals surface area contributed by atoms with E-state index in [1.165, 1.54) is 0 Å². The zero-order valence-electron chi connectivity index (χ0n) is 13.5. The van der Waals surface area contributed by atoms with Gasteiger partial charge in [-0.15, -0.1) is 0 Å². The maximum atomic E-state index is 11.2. The smallest absolute Gasteiger partial charge is 0.222 e. The maximum Gasteiger partial charge on any atom is 0.222 e. The summed E-state index contributed by atoms with van der Waals surface area (Å²) in [4.78, 5) is 11.2. The molecule has 0 aliphatic carbocycles. The molecule has 6 heteroatoms. The van der Waals surface area contributed by atoms with E-state index < -0.39 is 6.35 Å². The van der Waals surface area contributed by atoms with Crippen molar-refractivity contribution in [2.45, 2.75) is 32.8 Å². The Morgan fingerprint density at radius 3 is 2.58 bits per heavy atom. The summed E-state index contributed by atoms with van der Waals surface area (Å²) in [6, 6.07) is 15.0. The summed E-state index contributed by atoms with van der Waals surface area (Å²) in [6.07, 6.45) is -0.732. The lowest BCUT2D eigenvalue weighted by Crippen LogP contribution is -2.44. The molecule has 1 amide bonds. The first kappa shape index (κ1) is 18.3. The predicted molar refractivity (Wildman–Crippen MR) is 93.5 cm³/mol. The highest BCUT2D eigenvalue weighted by molar-refractivity contribution is 6.31. The molecule has 0 fully saturated rings. The van der Waals surface area contributed by atoms with Crippen molar-refractivity contribution in [1.82, 2.24) is 10.6 Å². The van der Waals surface area contributed by atoms with Crippen LogP contribution in [0.25, 0.3) is 0 Å². The number of carbonyl (C=O) groups excluding carboxylic acids is 1. The van der Waals surface area contributed by atoms with Crippen LogP contribution in [-0.4, -0.2) is 17.4 Å². The van der Waals surface area contributed by atoms with E-state index in [4.69, 9.17) is 16.3 Å². The molecule has 1 atom stereocenters. The van der Waals surface area contributed by atoms with Crippen LogP contribution in [0.15, 0.2) is 48.5 Å². The van der Waals surface area contributed by atoms with E-state index in [0.29, 0.717) is 24.6 Å². The zero-order valence-corrected chi connectivity index (χ0v) is 14.2. The topological polar surface area (TPSA) is 70.6 Å². The fraction of sp³-hybridized carbons (Fsp3) is 0.278. The minimum atomic E-state index is -1.06. The van der Waals surface area contributed by atoms with Crippen LogP contribution in [0, 0.1) is 0 Å². The second kappa shape index (κ2) is 9.27. The highest BCUT2D eigenvalue weighted by Gasteiger charge is 2.06. The van der Waals surface area contributed by atoms with Gasteiger partial charge in [0.2, 0.25) is 5.91 Å². The number of hydrogen-bond donors (Lipinski definition) is 3. The average Bonchev–Trinajstić information content (AvgIpc) is 2.60. The molecule has 0 aromatic heterocycles. The summed E-state index contributed by atoms with van der Waals surface area (Å²) in [5, 5.41) is 15.5. The molecule has 0 saturated carbocycles. The van der Waals surface area contributed by atoms with Gasteiger partial charge in [-0.1, -0.05) is 48.9 Å². The summed E-state index contributed by atoms with van der Waals surface area (Å²) >= 11 is 6.09. The Labute approximate surface area is 146 Å². The van der Waals surface area contributed by atoms with E-state index in [1.54, 1.807) is 6.92 Å². The van der Waals surface area contributed by atoms with E-state index in [9.17, 15) is 9.90 Å². The van der Waals surface area contributed by atoms with Crippen LogP contribution in [0.2, 0.25) is 5.02 Å². The average molecular weight is 349 g/mol. The minimum Gasteiger partial charge on any atom is -0.489 e. The molecular formula is C18H21ClN2O3. The molecule has 0 bridgehead atoms. The van der Waals surface area contributed by atoms with Crippen molar-refractivity contribution in [3.8, 4) is 5.75 Å². The summed E-state index contributed by atoms with van der Waals surface area (Å²) in [7, 11) is 0. The van der Waals surface area contributed by atoms with Crippen LogP contribution in [0.1, 0.15) is 24.5 Å². The Bertz CT molecular complexity index is 662. The molecule has 2 aromatic rings. The fourth-order valence-corrected chi connectivity index (χ4v) is 2.19. The van der Waals surface area contributed by atoms with Gasteiger partial charge in [0.25, 0.3) is 0 Å². The predicted octanol–water partition coefficient (Wildman–Crippen LogP) is 2.81. The summed E-state index contributed by atoms with van der Waals surface area (Å²) in [5.74, 6) is 0.525. The molecule has 0 unspecified atom stereocenters. The van der Waals surface area contributed by atoms with E-state index in [1.807, 2.05) is 48.5 Å². The summed E-state index contributed by atoms with van der Waals surface area (Å²) in [5.41, 5.74) is 1.89. The van der Waals surface area contributed by atoms with Crippen molar-refractivity contribution in [2.75, 3.05) is 0 Å². The molecule has 0 heterocycles. The molecule has 0 saturated heterocycles. The number of aliphatic hydroxyl groups excluding tert-OH is 1. The lowest BCUT2D eigenvalue weighted by molar-refractivity contribution is -0.124. The number of hydrogen-bond acceptors (Lipinski definition) is 4. The molecular weight excluding hydrogens is 328 g/mol. The van der Waals surface area contributed by atoms with Crippen molar-refractivity contribution in [1.29, 1.82) is 0 Å². The van der Waals surface area contributed by atoms with Gasteiger partial charge in [-0.25, -0.2) is 0 Å². The first-order valence-corrected chi connectivity index (χ1v) is 8.12. The van der Waals surface area contributed by atoms with Gasteiger partial charge in [0.05, 0.1) is 0 Å². The van der Waals surface area contributed by atoms with Gasteiger partial charge >= 0.3 is 0 Å². The van der Waals surface area contributed by atoms with Crippen LogP contribution >= 0.6 is 11.6 Å². The standard InChI is InChI=1S/C18H21ClN2O3/c1-2-17(22)21-18(23)20-11-13-7-9-15(10-8-13)24-12-14-5-3-4-6-16(14)19/h3-10,18,20,23H,2,11-12H2,1H3,(H,21,22)/t18-/m0/s1. The molecule has 2 aromatic carbocycles. The number of rotatable bonds is 8. The first-order valence-electron chi connectivity index (χ1n) is 7.74. The van der Waals surface area contributed by atoms with Gasteiger partial charge in [-0.2, -0.15) is 0 Å². The number of halogens is 1. The summed E-state index contributed by atoms with van der Waals surface area (Å²) < 4.78 is 5.71. The molecule has 128 valence electrons. The quantitative estimate of drug-likeness (QED) is 0.641. The molecule has 0 spiro atoms. The van der Waals surface area contributed by atoms with Crippen molar-refractivity contribution in [2.24, 2.45) is 0 Å². The van der Waals surface area contributed by atoms with Crippen molar-refractivity contribution in [3.05, 3.63) is 64.7 Å². The second-order valence-electron chi connectivity index (χ2n) is 5.23. The Morgan fingerprint density at radius 2 is 1.92 bits per heavy atom. The number of nitrogens with one attached hydrogen (secondary N) is 2. The van der Waals surface area contributed by atoms with E-state index >= 15 is 0 Å². The van der Waals surface area contributed by atoms with E-state index in [0.717, 1.165) is 16.9 Å². The van der Waals surface area contributed by atoms with Gasteiger partial charge in [-0.05, 0) is 23.8 Å². The number of amides is 1. The van der Waals surface area contributed by atoms with Crippen LogP contribution in [0.3, 0.4) is 0 Å². The Morgan fingerprint density at radius 1 is 1.21 bits per heavy atom. The van der Waals surface area contributed by atoms with Crippen LogP contribution in [0.4, 0.5) is 0 Å². The minimum absolute atomic E-state index is 0.210. The van der Waals surface area contributed by atoms with Gasteiger partial charge in [0.1, 0.15) is 12.4 Å². The maximum absolute atomic E-state index is 11.2. The van der Waals surface area contributed by atoms with Gasteiger partial charge < -0.3 is 15.2 Å². The molecule has 0 radical (unpaired) electrons. The van der Waals surface area contributed by atoms with Gasteiger partial charge in [0, 0.05) is 23.6 Å². The van der Waals surface area contributed by atoms with Crippen LogP contribution in [-0.2, 0) is 17.9 Å². The molecule has 3 N–H and O–H groups in total. The Balaban J connectivity index is 1.80. The van der Waals surface area contributed by atoms with Crippen molar-refractivity contribution >= 4 is 17.5 Å². The Hall–Kier alpha value is -2.08. The first-order chi connectivity index (χ1) is 11.6. The van der Waals surface area contributed by atoms with Gasteiger partial charge in [-0.3, -0.25) is 10.1 Å². The molecule has 5 nitrogen and oxygen atoms in total. The molecule has 0 aliphatic rings. The van der Waals surface area contributed by atoms with Crippen molar-refractivity contribution < 1.29 is 14.6 Å². The summed E-state index contributed by atoms with van der Waals surface area (Å²) in [6.45, 7) is 2.55. The monoisotopic (exact) mass is 348 g/mol.